The van der Waals surface area contributed by atoms with Gasteiger partial charge in [0.05, 0.1) is 18.4 Å². The van der Waals surface area contributed by atoms with Crippen molar-refractivity contribution in [3.8, 4) is 23.0 Å². The van der Waals surface area contributed by atoms with E-state index >= 15 is 0 Å². The van der Waals surface area contributed by atoms with E-state index in [1.165, 1.54) is 0 Å². The summed E-state index contributed by atoms with van der Waals surface area (Å²) in [7, 11) is 1.56. The zero-order chi connectivity index (χ0) is 22.5. The van der Waals surface area contributed by atoms with E-state index in [2.05, 4.69) is 5.32 Å². The van der Waals surface area contributed by atoms with Crippen molar-refractivity contribution in [1.82, 2.24) is 0 Å². The minimum absolute atomic E-state index is 0.201. The highest BCUT2D eigenvalue weighted by Gasteiger charge is 2.22. The number of carbonyl (C=O) groups is 2. The molecule has 1 amide bonds. The van der Waals surface area contributed by atoms with Crippen molar-refractivity contribution in [3.63, 3.8) is 0 Å². The molecule has 0 spiro atoms. The molecule has 0 aromatic heterocycles. The van der Waals surface area contributed by atoms with Gasteiger partial charge in [-0.1, -0.05) is 17.7 Å². The number of ketones is 1. The largest absolute Gasteiger partial charge is 0.497 e. The number of amides is 1. The van der Waals surface area contributed by atoms with Crippen molar-refractivity contribution in [1.29, 1.82) is 0 Å². The molecule has 7 nitrogen and oxygen atoms in total. The molecule has 0 saturated carbocycles. The summed E-state index contributed by atoms with van der Waals surface area (Å²) in [6, 6.07) is 17.4. The molecule has 1 heterocycles. The predicted octanol–water partition coefficient (Wildman–Crippen LogP) is 4.02. The number of hydrogen-bond donors (Lipinski definition) is 1. The minimum Gasteiger partial charge on any atom is -0.497 e. The first-order chi connectivity index (χ1) is 15.5. The maximum atomic E-state index is 13.2. The van der Waals surface area contributed by atoms with Crippen LogP contribution in [0.4, 0.5) is 5.69 Å². The first-order valence-electron chi connectivity index (χ1n) is 10.2. The predicted molar refractivity (Wildman–Crippen MR) is 119 cm³/mol. The standard InChI is InChI=1S/C25H23NO6/c1-16-3-7-19(8-4-16)32-15-24(27)26-21-14-23-22(30-11-12-31-23)13-20(21)25(28)17-5-9-18(29-2)10-6-17/h3-10,13-14H,11-12,15H2,1-2H3,(H,26,27). The Morgan fingerprint density at radius 3 is 2.19 bits per heavy atom. The van der Waals surface area contributed by atoms with E-state index in [1.54, 1.807) is 55.6 Å². The molecule has 4 rings (SSSR count). The van der Waals surface area contributed by atoms with Gasteiger partial charge in [-0.25, -0.2) is 0 Å². The molecule has 3 aromatic carbocycles. The van der Waals surface area contributed by atoms with Crippen LogP contribution in [0.2, 0.25) is 0 Å². The number of methoxy groups -OCH3 is 1. The fourth-order valence-corrected chi connectivity index (χ4v) is 3.25. The average molecular weight is 433 g/mol. The van der Waals surface area contributed by atoms with E-state index < -0.39 is 5.91 Å². The smallest absolute Gasteiger partial charge is 0.262 e. The molecule has 3 aromatic rings. The van der Waals surface area contributed by atoms with Crippen LogP contribution in [0.3, 0.4) is 0 Å². The molecule has 0 bridgehead atoms. The fraction of sp³-hybridized carbons (Fsp3) is 0.200. The number of rotatable bonds is 7. The van der Waals surface area contributed by atoms with Crippen LogP contribution in [0, 0.1) is 6.92 Å². The van der Waals surface area contributed by atoms with Crippen molar-refractivity contribution < 1.29 is 28.5 Å². The number of hydrogen-bond acceptors (Lipinski definition) is 6. The van der Waals surface area contributed by atoms with Crippen molar-refractivity contribution in [2.45, 2.75) is 6.92 Å². The van der Waals surface area contributed by atoms with Crippen molar-refractivity contribution >= 4 is 17.4 Å². The molecule has 1 aliphatic rings. The molecule has 0 atom stereocenters. The van der Waals surface area contributed by atoms with Gasteiger partial charge >= 0.3 is 0 Å². The van der Waals surface area contributed by atoms with Crippen LogP contribution in [0.5, 0.6) is 23.0 Å². The molecule has 32 heavy (non-hydrogen) atoms. The number of fused-ring (bicyclic) bond motifs is 1. The van der Waals surface area contributed by atoms with Gasteiger partial charge in [-0.3, -0.25) is 9.59 Å². The number of benzene rings is 3. The highest BCUT2D eigenvalue weighted by molar-refractivity contribution is 6.14. The zero-order valence-corrected chi connectivity index (χ0v) is 17.8. The summed E-state index contributed by atoms with van der Waals surface area (Å²) in [5.41, 5.74) is 2.17. The molecule has 0 unspecified atom stereocenters. The highest BCUT2D eigenvalue weighted by atomic mass is 16.6. The lowest BCUT2D eigenvalue weighted by Gasteiger charge is -2.21. The first-order valence-corrected chi connectivity index (χ1v) is 10.2. The van der Waals surface area contributed by atoms with Gasteiger partial charge in [0, 0.05) is 11.6 Å². The lowest BCUT2D eigenvalue weighted by molar-refractivity contribution is -0.118. The molecule has 7 heteroatoms. The van der Waals surface area contributed by atoms with Crippen LogP contribution in [0.15, 0.2) is 60.7 Å². The van der Waals surface area contributed by atoms with Crippen LogP contribution in [-0.4, -0.2) is 38.6 Å². The van der Waals surface area contributed by atoms with Crippen LogP contribution in [-0.2, 0) is 4.79 Å². The van der Waals surface area contributed by atoms with Gasteiger partial charge < -0.3 is 24.3 Å². The number of carbonyl (C=O) groups excluding carboxylic acids is 2. The Morgan fingerprint density at radius 2 is 1.53 bits per heavy atom. The molecule has 0 radical (unpaired) electrons. The Morgan fingerprint density at radius 1 is 0.906 bits per heavy atom. The number of aryl methyl sites for hydroxylation is 1. The highest BCUT2D eigenvalue weighted by Crippen LogP contribution is 2.36. The second-order valence-electron chi connectivity index (χ2n) is 7.25. The topological polar surface area (TPSA) is 83.1 Å². The van der Waals surface area contributed by atoms with Crippen molar-refractivity contribution in [2.24, 2.45) is 0 Å². The second kappa shape index (κ2) is 9.43. The van der Waals surface area contributed by atoms with Crippen LogP contribution in [0.25, 0.3) is 0 Å². The van der Waals surface area contributed by atoms with E-state index in [1.807, 2.05) is 19.1 Å². The monoisotopic (exact) mass is 433 g/mol. The van der Waals surface area contributed by atoms with Gasteiger partial charge in [0.1, 0.15) is 24.7 Å². The Bertz CT molecular complexity index is 1120. The molecule has 0 saturated heterocycles. The van der Waals surface area contributed by atoms with Gasteiger partial charge in [-0.2, -0.15) is 0 Å². The summed E-state index contributed by atoms with van der Waals surface area (Å²) in [6.45, 7) is 2.55. The van der Waals surface area contributed by atoms with E-state index in [4.69, 9.17) is 18.9 Å². The molecule has 1 aliphatic heterocycles. The fourth-order valence-electron chi connectivity index (χ4n) is 3.25. The number of anilines is 1. The third-order valence-electron chi connectivity index (χ3n) is 4.94. The summed E-state index contributed by atoms with van der Waals surface area (Å²) in [5, 5.41) is 2.77. The van der Waals surface area contributed by atoms with Crippen LogP contribution in [0.1, 0.15) is 21.5 Å². The Kier molecular flexibility index (Phi) is 6.26. The normalized spacial score (nSPS) is 12.1. The summed E-state index contributed by atoms with van der Waals surface area (Å²) in [6.07, 6.45) is 0. The van der Waals surface area contributed by atoms with Crippen molar-refractivity contribution in [3.05, 3.63) is 77.4 Å². The van der Waals surface area contributed by atoms with Gasteiger partial charge in [-0.05, 0) is 49.4 Å². The maximum Gasteiger partial charge on any atom is 0.262 e. The van der Waals surface area contributed by atoms with Gasteiger partial charge in [0.25, 0.3) is 5.91 Å². The van der Waals surface area contributed by atoms with E-state index in [0.717, 1.165) is 5.56 Å². The second-order valence-corrected chi connectivity index (χ2v) is 7.25. The third-order valence-corrected chi connectivity index (χ3v) is 4.94. The summed E-state index contributed by atoms with van der Waals surface area (Å²) in [4.78, 5) is 25.8. The molecule has 1 N–H and O–H groups in total. The molecule has 0 fully saturated rings. The summed E-state index contributed by atoms with van der Waals surface area (Å²) < 4.78 is 22.0. The molecule has 0 aliphatic carbocycles. The van der Waals surface area contributed by atoms with Gasteiger partial charge in [-0.15, -0.1) is 0 Å². The van der Waals surface area contributed by atoms with Gasteiger partial charge in [0.15, 0.2) is 23.9 Å². The summed E-state index contributed by atoms with van der Waals surface area (Å²) >= 11 is 0. The number of nitrogens with one attached hydrogen (secondary N) is 1. The Hall–Kier alpha value is -4.00. The first kappa shape index (κ1) is 21.2. The molecular weight excluding hydrogens is 410 g/mol. The van der Waals surface area contributed by atoms with Gasteiger partial charge in [0.2, 0.25) is 0 Å². The Labute approximate surface area is 185 Å². The lowest BCUT2D eigenvalue weighted by Crippen LogP contribution is -2.23. The third kappa shape index (κ3) is 4.83. The zero-order valence-electron chi connectivity index (χ0n) is 17.8. The lowest BCUT2D eigenvalue weighted by atomic mass is 10.0. The molecule has 164 valence electrons. The van der Waals surface area contributed by atoms with Crippen LogP contribution < -0.4 is 24.3 Å². The Balaban J connectivity index is 1.57. The SMILES string of the molecule is COc1ccc(C(=O)c2cc3c(cc2NC(=O)COc2ccc(C)cc2)OCCO3)cc1. The number of ether oxygens (including phenoxy) is 4. The minimum atomic E-state index is -0.397. The maximum absolute atomic E-state index is 13.2. The van der Waals surface area contributed by atoms with E-state index in [0.29, 0.717) is 53.0 Å². The quantitative estimate of drug-likeness (QED) is 0.567. The summed E-state index contributed by atoms with van der Waals surface area (Å²) in [5.74, 6) is 1.50. The average Bonchev–Trinajstić information content (AvgIpc) is 2.83. The van der Waals surface area contributed by atoms with Crippen LogP contribution >= 0.6 is 0 Å². The van der Waals surface area contributed by atoms with Crippen molar-refractivity contribution in [2.75, 3.05) is 32.2 Å². The molecular formula is C25H23NO6. The van der Waals surface area contributed by atoms with E-state index in [9.17, 15) is 9.59 Å². The van der Waals surface area contributed by atoms with E-state index in [-0.39, 0.29) is 12.4 Å².